The zero-order valence-electron chi connectivity index (χ0n) is 17.9. The number of carbonyl (C=O) groups is 1. The van der Waals surface area contributed by atoms with Crippen molar-refractivity contribution in [3.8, 4) is 17.6 Å². The lowest BCUT2D eigenvalue weighted by Crippen LogP contribution is -2.35. The van der Waals surface area contributed by atoms with Crippen molar-refractivity contribution in [3.63, 3.8) is 0 Å². The summed E-state index contributed by atoms with van der Waals surface area (Å²) in [6.07, 6.45) is -2.11. The highest BCUT2D eigenvalue weighted by Gasteiger charge is 2.30. The number of likely N-dealkylation sites (tertiary alicyclic amines) is 1. The second kappa shape index (κ2) is 11.1. The zero-order valence-corrected chi connectivity index (χ0v) is 19.4. The topological polar surface area (TPSA) is 41.6 Å². The molecule has 3 rings (SSSR count). The summed E-state index contributed by atoms with van der Waals surface area (Å²) in [6, 6.07) is 7.60. The van der Waals surface area contributed by atoms with Crippen LogP contribution >= 0.6 is 23.2 Å². The summed E-state index contributed by atoms with van der Waals surface area (Å²) in [5, 5.41) is 2.72. The fourth-order valence-electron chi connectivity index (χ4n) is 3.35. The molecule has 9 heteroatoms. The van der Waals surface area contributed by atoms with Crippen LogP contribution in [0, 0.1) is 17.8 Å². The average molecular weight is 499 g/mol. The Hall–Kier alpha value is -2.40. The molecule has 1 aliphatic heterocycles. The van der Waals surface area contributed by atoms with Gasteiger partial charge >= 0.3 is 12.1 Å². The number of benzene rings is 2. The Morgan fingerprint density at radius 2 is 1.88 bits per heavy atom. The molecule has 0 unspecified atom stereocenters. The van der Waals surface area contributed by atoms with Gasteiger partial charge in [-0.05, 0) is 68.2 Å². The van der Waals surface area contributed by atoms with Gasteiger partial charge in [0.15, 0.2) is 0 Å². The highest BCUT2D eigenvalue weighted by molar-refractivity contribution is 6.32. The predicted molar refractivity (Wildman–Crippen MR) is 124 cm³/mol. The van der Waals surface area contributed by atoms with Gasteiger partial charge in [0.05, 0.1) is 15.6 Å². The van der Waals surface area contributed by atoms with Crippen LogP contribution in [0.3, 0.4) is 0 Å². The van der Waals surface area contributed by atoms with Crippen LogP contribution in [0.1, 0.15) is 30.9 Å². The van der Waals surface area contributed by atoms with Crippen LogP contribution in [0.15, 0.2) is 36.4 Å². The smallest absolute Gasteiger partial charge is 0.416 e. The maximum Gasteiger partial charge on any atom is 0.416 e. The first kappa shape index (κ1) is 25.2. The third-order valence-corrected chi connectivity index (χ3v) is 5.95. The summed E-state index contributed by atoms with van der Waals surface area (Å²) in [5.74, 6) is 5.42. The Morgan fingerprint density at radius 1 is 1.15 bits per heavy atom. The van der Waals surface area contributed by atoms with E-state index in [0.717, 1.165) is 43.8 Å². The molecule has 0 bridgehead atoms. The molecular weight excluding hydrogens is 476 g/mol. The van der Waals surface area contributed by atoms with E-state index in [1.807, 2.05) is 0 Å². The minimum Gasteiger partial charge on any atom is -0.491 e. The van der Waals surface area contributed by atoms with Gasteiger partial charge in [-0.15, -0.1) is 0 Å². The van der Waals surface area contributed by atoms with Crippen molar-refractivity contribution in [3.05, 3.63) is 57.6 Å². The third kappa shape index (κ3) is 7.56. The summed E-state index contributed by atoms with van der Waals surface area (Å²) in [4.78, 5) is 14.5. The summed E-state index contributed by atoms with van der Waals surface area (Å²) >= 11 is 12.1. The van der Waals surface area contributed by atoms with Crippen LogP contribution in [0.5, 0.6) is 5.75 Å². The van der Waals surface area contributed by atoms with E-state index in [1.54, 1.807) is 18.2 Å². The first-order valence-corrected chi connectivity index (χ1v) is 11.2. The van der Waals surface area contributed by atoms with Crippen molar-refractivity contribution >= 4 is 34.8 Å². The summed E-state index contributed by atoms with van der Waals surface area (Å²) in [6.45, 7) is 5.75. The van der Waals surface area contributed by atoms with Crippen molar-refractivity contribution < 1.29 is 22.7 Å². The van der Waals surface area contributed by atoms with E-state index < -0.39 is 17.6 Å². The number of hydrogen-bond donors (Lipinski definition) is 1. The largest absolute Gasteiger partial charge is 0.491 e. The summed E-state index contributed by atoms with van der Waals surface area (Å²) < 4.78 is 43.9. The maximum atomic E-state index is 12.7. The van der Waals surface area contributed by atoms with Gasteiger partial charge in [-0.1, -0.05) is 36.0 Å². The molecular formula is C24H23Cl2F3N2O2. The van der Waals surface area contributed by atoms with Crippen LogP contribution in [0.2, 0.25) is 10.0 Å². The second-order valence-electron chi connectivity index (χ2n) is 7.91. The highest BCUT2D eigenvalue weighted by atomic mass is 35.5. The Labute approximate surface area is 201 Å². The number of nitrogens with one attached hydrogen (secondary N) is 1. The van der Waals surface area contributed by atoms with Crippen LogP contribution in [-0.4, -0.2) is 37.0 Å². The van der Waals surface area contributed by atoms with E-state index in [4.69, 9.17) is 27.9 Å². The molecule has 1 amide bonds. The number of nitrogens with zero attached hydrogens (tertiary/aromatic N) is 1. The van der Waals surface area contributed by atoms with Crippen LogP contribution in [0.4, 0.5) is 18.9 Å². The second-order valence-corrected chi connectivity index (χ2v) is 8.73. The zero-order chi connectivity index (χ0) is 24.0. The van der Waals surface area contributed by atoms with Gasteiger partial charge in [0, 0.05) is 23.7 Å². The molecule has 176 valence electrons. The van der Waals surface area contributed by atoms with Crippen molar-refractivity contribution in [2.24, 2.45) is 5.92 Å². The normalized spacial score (nSPS) is 15.0. The summed E-state index contributed by atoms with van der Waals surface area (Å²) in [5.41, 5.74) is -0.357. The van der Waals surface area contributed by atoms with E-state index in [-0.39, 0.29) is 10.6 Å². The lowest BCUT2D eigenvalue weighted by Gasteiger charge is -2.29. The monoisotopic (exact) mass is 498 g/mol. The Kier molecular flexibility index (Phi) is 8.52. The maximum absolute atomic E-state index is 12.7. The molecule has 4 nitrogen and oxygen atoms in total. The molecule has 2 aromatic carbocycles. The SMILES string of the molecule is CC1CCN(CCOc2ccc(NC(=O)C#Cc3ccc(C(F)(F)F)cc3Cl)cc2Cl)CC1. The number of hydrogen-bond acceptors (Lipinski definition) is 3. The Balaban J connectivity index is 1.53. The molecule has 1 fully saturated rings. The van der Waals surface area contributed by atoms with Gasteiger partial charge < -0.3 is 10.1 Å². The minimum absolute atomic E-state index is 0.116. The van der Waals surface area contributed by atoms with Gasteiger partial charge in [-0.3, -0.25) is 9.69 Å². The minimum atomic E-state index is -4.51. The Bertz CT molecular complexity index is 1060. The first-order valence-electron chi connectivity index (χ1n) is 10.5. The number of carbonyl (C=O) groups excluding carboxylic acids is 1. The van der Waals surface area contributed by atoms with E-state index >= 15 is 0 Å². The highest BCUT2D eigenvalue weighted by Crippen LogP contribution is 2.32. The van der Waals surface area contributed by atoms with Crippen molar-refractivity contribution in [2.75, 3.05) is 31.6 Å². The number of amides is 1. The average Bonchev–Trinajstić information content (AvgIpc) is 2.75. The molecule has 2 aromatic rings. The molecule has 0 saturated carbocycles. The molecule has 1 saturated heterocycles. The van der Waals surface area contributed by atoms with Gasteiger partial charge in [0.1, 0.15) is 12.4 Å². The van der Waals surface area contributed by atoms with Crippen molar-refractivity contribution in [1.29, 1.82) is 0 Å². The number of alkyl halides is 3. The van der Waals surface area contributed by atoms with Gasteiger partial charge in [0.25, 0.3) is 0 Å². The molecule has 33 heavy (non-hydrogen) atoms. The molecule has 1 N–H and O–H groups in total. The van der Waals surface area contributed by atoms with Gasteiger partial charge in [0.2, 0.25) is 0 Å². The number of ether oxygens (including phenoxy) is 1. The van der Waals surface area contributed by atoms with E-state index in [1.165, 1.54) is 12.8 Å². The van der Waals surface area contributed by atoms with Crippen LogP contribution in [0.25, 0.3) is 0 Å². The molecule has 1 heterocycles. The van der Waals surface area contributed by atoms with E-state index in [2.05, 4.69) is 29.0 Å². The number of halogens is 5. The predicted octanol–water partition coefficient (Wildman–Crippen LogP) is 6.11. The third-order valence-electron chi connectivity index (χ3n) is 5.34. The van der Waals surface area contributed by atoms with E-state index in [0.29, 0.717) is 23.1 Å². The van der Waals surface area contributed by atoms with Crippen LogP contribution < -0.4 is 10.1 Å². The molecule has 1 aliphatic rings. The molecule has 0 aliphatic carbocycles. The van der Waals surface area contributed by atoms with Gasteiger partial charge in [-0.25, -0.2) is 0 Å². The first-order chi connectivity index (χ1) is 15.6. The summed E-state index contributed by atoms with van der Waals surface area (Å²) in [7, 11) is 0. The van der Waals surface area contributed by atoms with Crippen molar-refractivity contribution in [1.82, 2.24) is 4.90 Å². The molecule has 0 radical (unpaired) electrons. The van der Waals surface area contributed by atoms with Crippen LogP contribution in [-0.2, 0) is 11.0 Å². The molecule has 0 spiro atoms. The number of anilines is 1. The lowest BCUT2D eigenvalue weighted by molar-refractivity contribution is -0.137. The van der Waals surface area contributed by atoms with Crippen molar-refractivity contribution in [2.45, 2.75) is 25.9 Å². The van der Waals surface area contributed by atoms with Gasteiger partial charge in [-0.2, -0.15) is 13.2 Å². The quantitative estimate of drug-likeness (QED) is 0.505. The fraction of sp³-hybridized carbons (Fsp3) is 0.375. The number of piperidine rings is 1. The fourth-order valence-corrected chi connectivity index (χ4v) is 3.81. The van der Waals surface area contributed by atoms with E-state index in [9.17, 15) is 18.0 Å². The Morgan fingerprint density at radius 3 is 2.52 bits per heavy atom. The lowest BCUT2D eigenvalue weighted by atomic mass is 9.99. The molecule has 0 atom stereocenters. The molecule has 0 aromatic heterocycles. The standard InChI is InChI=1S/C24H23Cl2F3N2O2/c1-16-8-10-31(11-9-16)12-13-33-22-6-5-19(15-21(22)26)30-23(32)7-3-17-2-4-18(14-20(17)25)24(27,28)29/h2,4-6,14-16H,8-13H2,1H3,(H,30,32). The number of rotatable bonds is 5.